The molecule has 0 saturated heterocycles. The SMILES string of the molecule is Fc1ccccc1Cc1ccc2c(c1)C(/C=C/c1ccccn1)=NC2. The molecule has 1 aliphatic rings. The van der Waals surface area contributed by atoms with E-state index >= 15 is 0 Å². The van der Waals surface area contributed by atoms with Crippen LogP contribution in [0.1, 0.15) is 27.9 Å². The van der Waals surface area contributed by atoms with E-state index in [1.807, 2.05) is 42.5 Å². The van der Waals surface area contributed by atoms with Crippen molar-refractivity contribution < 1.29 is 4.39 Å². The highest BCUT2D eigenvalue weighted by Crippen LogP contribution is 2.23. The molecular weight excluding hydrogens is 311 g/mol. The van der Waals surface area contributed by atoms with Gasteiger partial charge in [-0.3, -0.25) is 9.98 Å². The number of fused-ring (bicyclic) bond motifs is 1. The molecule has 3 heteroatoms. The third kappa shape index (κ3) is 3.41. The van der Waals surface area contributed by atoms with E-state index in [4.69, 9.17) is 0 Å². The van der Waals surface area contributed by atoms with E-state index in [1.165, 1.54) is 11.6 Å². The molecule has 0 amide bonds. The van der Waals surface area contributed by atoms with Gasteiger partial charge in [-0.25, -0.2) is 4.39 Å². The summed E-state index contributed by atoms with van der Waals surface area (Å²) in [7, 11) is 0. The topological polar surface area (TPSA) is 25.2 Å². The van der Waals surface area contributed by atoms with Gasteiger partial charge in [0.2, 0.25) is 0 Å². The monoisotopic (exact) mass is 328 g/mol. The Kier molecular flexibility index (Phi) is 4.21. The molecule has 2 nitrogen and oxygen atoms in total. The lowest BCUT2D eigenvalue weighted by Gasteiger charge is -2.07. The highest BCUT2D eigenvalue weighted by molar-refractivity contribution is 6.13. The summed E-state index contributed by atoms with van der Waals surface area (Å²) in [6, 6.07) is 19.0. The van der Waals surface area contributed by atoms with Gasteiger partial charge in [-0.15, -0.1) is 0 Å². The molecule has 1 aromatic heterocycles. The van der Waals surface area contributed by atoms with Gasteiger partial charge in [-0.1, -0.05) is 36.4 Å². The Hall–Kier alpha value is -3.07. The first-order valence-electron chi connectivity index (χ1n) is 8.29. The van der Waals surface area contributed by atoms with Crippen molar-refractivity contribution >= 4 is 11.8 Å². The van der Waals surface area contributed by atoms with Gasteiger partial charge >= 0.3 is 0 Å². The van der Waals surface area contributed by atoms with Crippen LogP contribution in [0.25, 0.3) is 6.08 Å². The van der Waals surface area contributed by atoms with Crippen molar-refractivity contribution in [1.82, 2.24) is 4.98 Å². The fraction of sp³-hybridized carbons (Fsp3) is 0.0909. The quantitative estimate of drug-likeness (QED) is 0.673. The molecule has 1 aliphatic heterocycles. The van der Waals surface area contributed by atoms with Gasteiger partial charge in [-0.05, 0) is 53.1 Å². The van der Waals surface area contributed by atoms with Crippen LogP contribution < -0.4 is 0 Å². The zero-order valence-corrected chi connectivity index (χ0v) is 13.7. The van der Waals surface area contributed by atoms with Crippen molar-refractivity contribution in [2.45, 2.75) is 13.0 Å². The Balaban J connectivity index is 1.59. The van der Waals surface area contributed by atoms with Gasteiger partial charge in [0.1, 0.15) is 5.82 Å². The third-order valence-electron chi connectivity index (χ3n) is 4.32. The van der Waals surface area contributed by atoms with Gasteiger partial charge < -0.3 is 0 Å². The second-order valence-electron chi connectivity index (χ2n) is 6.05. The minimum atomic E-state index is -0.160. The van der Waals surface area contributed by atoms with E-state index in [0.717, 1.165) is 22.5 Å². The minimum Gasteiger partial charge on any atom is -0.280 e. The maximum absolute atomic E-state index is 13.9. The molecule has 0 bridgehead atoms. The maximum atomic E-state index is 13.9. The van der Waals surface area contributed by atoms with Crippen LogP contribution in [0.4, 0.5) is 4.39 Å². The standard InChI is InChI=1S/C22H17FN2/c23-21-7-2-1-5-17(21)13-16-8-9-18-15-25-22(20(18)14-16)11-10-19-6-3-4-12-24-19/h1-12,14H,13,15H2/b11-10+. The van der Waals surface area contributed by atoms with Crippen molar-refractivity contribution in [3.63, 3.8) is 0 Å². The number of rotatable bonds is 4. The molecule has 0 N–H and O–H groups in total. The number of aliphatic imine (C=N–C) groups is 1. The predicted molar refractivity (Wildman–Crippen MR) is 99.2 cm³/mol. The molecule has 2 aromatic carbocycles. The van der Waals surface area contributed by atoms with Crippen molar-refractivity contribution in [3.8, 4) is 0 Å². The molecule has 0 atom stereocenters. The minimum absolute atomic E-state index is 0.160. The maximum Gasteiger partial charge on any atom is 0.126 e. The number of halogens is 1. The molecule has 0 radical (unpaired) electrons. The van der Waals surface area contributed by atoms with E-state index in [2.05, 4.69) is 28.2 Å². The zero-order valence-electron chi connectivity index (χ0n) is 13.7. The van der Waals surface area contributed by atoms with Crippen molar-refractivity contribution in [1.29, 1.82) is 0 Å². The van der Waals surface area contributed by atoms with Crippen LogP contribution in [0.3, 0.4) is 0 Å². The molecule has 0 spiro atoms. The number of pyridine rings is 1. The molecule has 25 heavy (non-hydrogen) atoms. The summed E-state index contributed by atoms with van der Waals surface area (Å²) in [5.41, 5.74) is 5.99. The number of hydrogen-bond donors (Lipinski definition) is 0. The van der Waals surface area contributed by atoms with Gasteiger partial charge in [0.15, 0.2) is 0 Å². The average Bonchev–Trinajstić information content (AvgIpc) is 3.05. The van der Waals surface area contributed by atoms with Gasteiger partial charge in [0.25, 0.3) is 0 Å². The Morgan fingerprint density at radius 2 is 1.84 bits per heavy atom. The van der Waals surface area contributed by atoms with Gasteiger partial charge in [0, 0.05) is 18.2 Å². The molecule has 2 heterocycles. The molecule has 0 unspecified atom stereocenters. The Morgan fingerprint density at radius 3 is 2.68 bits per heavy atom. The number of aromatic nitrogens is 1. The van der Waals surface area contributed by atoms with Crippen LogP contribution >= 0.6 is 0 Å². The molecule has 122 valence electrons. The van der Waals surface area contributed by atoms with Gasteiger partial charge in [-0.2, -0.15) is 0 Å². The van der Waals surface area contributed by atoms with Crippen LogP contribution in [0.5, 0.6) is 0 Å². The molecular formula is C22H17FN2. The van der Waals surface area contributed by atoms with E-state index < -0.39 is 0 Å². The lowest BCUT2D eigenvalue weighted by molar-refractivity contribution is 0.614. The molecule has 3 aromatic rings. The lowest BCUT2D eigenvalue weighted by atomic mass is 9.98. The first kappa shape index (κ1) is 15.5. The lowest BCUT2D eigenvalue weighted by Crippen LogP contribution is -1.98. The van der Waals surface area contributed by atoms with E-state index in [0.29, 0.717) is 18.5 Å². The summed E-state index contributed by atoms with van der Waals surface area (Å²) < 4.78 is 13.9. The Morgan fingerprint density at radius 1 is 0.960 bits per heavy atom. The highest BCUT2D eigenvalue weighted by Gasteiger charge is 2.14. The summed E-state index contributed by atoms with van der Waals surface area (Å²) in [4.78, 5) is 8.91. The first-order valence-corrected chi connectivity index (χ1v) is 8.29. The fourth-order valence-corrected chi connectivity index (χ4v) is 3.01. The Bertz CT molecular complexity index is 959. The molecule has 4 rings (SSSR count). The molecule has 0 aliphatic carbocycles. The summed E-state index contributed by atoms with van der Waals surface area (Å²) in [6.45, 7) is 0.692. The highest BCUT2D eigenvalue weighted by atomic mass is 19.1. The number of benzene rings is 2. The first-order chi connectivity index (χ1) is 12.3. The second-order valence-corrected chi connectivity index (χ2v) is 6.05. The van der Waals surface area contributed by atoms with Crippen LogP contribution in [0, 0.1) is 5.82 Å². The smallest absolute Gasteiger partial charge is 0.126 e. The van der Waals surface area contributed by atoms with Crippen LogP contribution in [0.2, 0.25) is 0 Å². The zero-order chi connectivity index (χ0) is 17.1. The largest absolute Gasteiger partial charge is 0.280 e. The second kappa shape index (κ2) is 6.81. The Labute approximate surface area is 146 Å². The number of hydrogen-bond acceptors (Lipinski definition) is 2. The van der Waals surface area contributed by atoms with E-state index in [1.54, 1.807) is 12.3 Å². The summed E-state index contributed by atoms with van der Waals surface area (Å²) >= 11 is 0. The van der Waals surface area contributed by atoms with Crippen molar-refractivity contribution in [3.05, 3.63) is 107 Å². The summed E-state index contributed by atoms with van der Waals surface area (Å²) in [5, 5.41) is 0. The normalized spacial score (nSPS) is 13.1. The summed E-state index contributed by atoms with van der Waals surface area (Å²) in [5.74, 6) is -0.160. The van der Waals surface area contributed by atoms with Crippen molar-refractivity contribution in [2.24, 2.45) is 4.99 Å². The van der Waals surface area contributed by atoms with Crippen molar-refractivity contribution in [2.75, 3.05) is 0 Å². The fourth-order valence-electron chi connectivity index (χ4n) is 3.01. The van der Waals surface area contributed by atoms with Crippen LogP contribution in [-0.4, -0.2) is 10.7 Å². The molecule has 0 fully saturated rings. The van der Waals surface area contributed by atoms with Gasteiger partial charge in [0.05, 0.1) is 18.0 Å². The summed E-state index contributed by atoms with van der Waals surface area (Å²) in [6.07, 6.45) is 6.33. The van der Waals surface area contributed by atoms with E-state index in [9.17, 15) is 4.39 Å². The van der Waals surface area contributed by atoms with Crippen LogP contribution in [0.15, 0.2) is 77.9 Å². The third-order valence-corrected chi connectivity index (χ3v) is 4.32. The average molecular weight is 328 g/mol. The molecule has 0 saturated carbocycles. The van der Waals surface area contributed by atoms with Crippen LogP contribution in [-0.2, 0) is 13.0 Å². The number of allylic oxidation sites excluding steroid dienone is 1. The predicted octanol–water partition coefficient (Wildman–Crippen LogP) is 4.83. The van der Waals surface area contributed by atoms with E-state index in [-0.39, 0.29) is 5.82 Å². The number of nitrogens with zero attached hydrogens (tertiary/aromatic N) is 2.